The molecule has 1 aromatic heterocycles. The topological polar surface area (TPSA) is 65.6 Å². The highest BCUT2D eigenvalue weighted by atomic mass is 16.5. The van der Waals surface area contributed by atoms with Crippen molar-refractivity contribution in [3.05, 3.63) is 36.0 Å². The van der Waals surface area contributed by atoms with Crippen LogP contribution in [0.15, 0.2) is 30.5 Å². The lowest BCUT2D eigenvalue weighted by Gasteiger charge is -2.46. The molecule has 1 atom stereocenters. The summed E-state index contributed by atoms with van der Waals surface area (Å²) < 4.78 is 6.28. The summed E-state index contributed by atoms with van der Waals surface area (Å²) >= 11 is 0. The van der Waals surface area contributed by atoms with E-state index in [1.807, 2.05) is 15.9 Å². The summed E-state index contributed by atoms with van der Waals surface area (Å²) in [6, 6.07) is 8.34. The fraction of sp³-hybridized carbons (Fsp3) is 0.630. The molecule has 0 radical (unpaired) electrons. The molecule has 3 aliphatic rings. The number of piperidine rings is 1. The highest BCUT2D eigenvalue weighted by Crippen LogP contribution is 2.39. The molecule has 2 amide bonds. The molecule has 1 spiro atoms. The minimum atomic E-state index is -0.130. The molecule has 4 heterocycles. The Balaban J connectivity index is 1.07. The number of hydrogen-bond acceptors (Lipinski definition) is 3. The number of H-pyrrole nitrogens is 1. The number of amides is 2. The monoisotopic (exact) mass is 451 g/mol. The van der Waals surface area contributed by atoms with E-state index in [1.165, 1.54) is 10.9 Å². The lowest BCUT2D eigenvalue weighted by Crippen LogP contribution is -2.51. The summed E-state index contributed by atoms with van der Waals surface area (Å²) in [6.45, 7) is 4.17. The number of rotatable bonds is 6. The number of para-hydroxylation sites is 1. The van der Waals surface area contributed by atoms with E-state index in [2.05, 4.69) is 29.4 Å². The second kappa shape index (κ2) is 9.88. The molecule has 2 aromatic rings. The van der Waals surface area contributed by atoms with Crippen LogP contribution in [0.5, 0.6) is 0 Å². The number of aromatic amines is 1. The zero-order valence-corrected chi connectivity index (χ0v) is 19.7. The Hall–Kier alpha value is -2.34. The van der Waals surface area contributed by atoms with Gasteiger partial charge in [-0.15, -0.1) is 0 Å². The van der Waals surface area contributed by atoms with Gasteiger partial charge in [-0.1, -0.05) is 18.2 Å². The number of hydrogen-bond donors (Lipinski definition) is 1. The van der Waals surface area contributed by atoms with E-state index in [9.17, 15) is 9.59 Å². The van der Waals surface area contributed by atoms with Crippen LogP contribution in [0.2, 0.25) is 0 Å². The fourth-order valence-electron chi connectivity index (χ4n) is 6.08. The summed E-state index contributed by atoms with van der Waals surface area (Å²) in [6.07, 6.45) is 11.2. The van der Waals surface area contributed by atoms with E-state index in [1.54, 1.807) is 0 Å². The average Bonchev–Trinajstić information content (AvgIpc) is 3.50. The first kappa shape index (κ1) is 22.5. The highest BCUT2D eigenvalue weighted by molar-refractivity contribution is 5.83. The van der Waals surface area contributed by atoms with Gasteiger partial charge in [0.05, 0.1) is 5.60 Å². The largest absolute Gasteiger partial charge is 0.375 e. The van der Waals surface area contributed by atoms with Crippen molar-refractivity contribution in [3.8, 4) is 0 Å². The number of nitrogens with one attached hydrogen (secondary N) is 1. The van der Waals surface area contributed by atoms with Crippen molar-refractivity contribution < 1.29 is 14.3 Å². The Bertz CT molecular complexity index is 970. The molecular formula is C27H37N3O3. The van der Waals surface area contributed by atoms with Crippen molar-refractivity contribution in [2.45, 2.75) is 69.8 Å². The predicted molar refractivity (Wildman–Crippen MR) is 129 cm³/mol. The summed E-state index contributed by atoms with van der Waals surface area (Å²) in [5.41, 5.74) is 2.32. The number of benzene rings is 1. The molecule has 6 heteroatoms. The van der Waals surface area contributed by atoms with Gasteiger partial charge in [-0.25, -0.2) is 0 Å². The van der Waals surface area contributed by atoms with Gasteiger partial charge < -0.3 is 19.5 Å². The molecule has 6 nitrogen and oxygen atoms in total. The maximum atomic E-state index is 12.8. The molecule has 33 heavy (non-hydrogen) atoms. The molecule has 178 valence electrons. The number of carbonyl (C=O) groups is 2. The van der Waals surface area contributed by atoms with Crippen molar-refractivity contribution >= 4 is 22.7 Å². The van der Waals surface area contributed by atoms with Gasteiger partial charge >= 0.3 is 0 Å². The predicted octanol–water partition coefficient (Wildman–Crippen LogP) is 4.29. The van der Waals surface area contributed by atoms with Gasteiger partial charge in [-0.2, -0.15) is 0 Å². The van der Waals surface area contributed by atoms with Crippen LogP contribution < -0.4 is 0 Å². The van der Waals surface area contributed by atoms with Crippen LogP contribution >= 0.6 is 0 Å². The van der Waals surface area contributed by atoms with Crippen molar-refractivity contribution in [1.29, 1.82) is 0 Å². The first-order valence-corrected chi connectivity index (χ1v) is 12.9. The van der Waals surface area contributed by atoms with Gasteiger partial charge in [0.15, 0.2) is 0 Å². The molecule has 1 N–H and O–H groups in total. The molecule has 3 aliphatic heterocycles. The Morgan fingerprint density at radius 2 is 1.79 bits per heavy atom. The first-order chi connectivity index (χ1) is 16.1. The van der Waals surface area contributed by atoms with E-state index in [0.29, 0.717) is 24.7 Å². The van der Waals surface area contributed by atoms with Crippen LogP contribution in [0.3, 0.4) is 0 Å². The number of fused-ring (bicyclic) bond motifs is 1. The number of carbonyl (C=O) groups excluding carboxylic acids is 2. The molecule has 5 rings (SSSR count). The summed E-state index contributed by atoms with van der Waals surface area (Å²) in [5.74, 6) is 1.02. The Kier molecular flexibility index (Phi) is 6.72. The van der Waals surface area contributed by atoms with Crippen LogP contribution in [0, 0.1) is 5.92 Å². The molecule has 3 saturated heterocycles. The van der Waals surface area contributed by atoms with Crippen LogP contribution in [0.4, 0.5) is 0 Å². The van der Waals surface area contributed by atoms with E-state index in [4.69, 9.17) is 4.74 Å². The van der Waals surface area contributed by atoms with E-state index < -0.39 is 0 Å². The molecule has 0 aliphatic carbocycles. The number of aromatic nitrogens is 1. The smallest absolute Gasteiger partial charge is 0.222 e. The first-order valence-electron chi connectivity index (χ1n) is 12.9. The normalized spacial score (nSPS) is 22.8. The SMILES string of the molecule is O=C(CCCc1c[nH]c2ccccc12)N1CCC2(CC1)CC(CC(=O)N1CCCC1)CCO2. The van der Waals surface area contributed by atoms with Crippen LogP contribution in [0.25, 0.3) is 10.9 Å². The average molecular weight is 452 g/mol. The van der Waals surface area contributed by atoms with Crippen molar-refractivity contribution in [3.63, 3.8) is 0 Å². The lowest BCUT2D eigenvalue weighted by molar-refractivity contribution is -0.149. The van der Waals surface area contributed by atoms with E-state index in [0.717, 1.165) is 89.7 Å². The lowest BCUT2D eigenvalue weighted by atomic mass is 9.78. The third-order valence-corrected chi connectivity index (χ3v) is 8.06. The highest BCUT2D eigenvalue weighted by Gasteiger charge is 2.41. The maximum Gasteiger partial charge on any atom is 0.222 e. The van der Waals surface area contributed by atoms with Gasteiger partial charge in [0.25, 0.3) is 0 Å². The summed E-state index contributed by atoms with van der Waals surface area (Å²) in [7, 11) is 0. The van der Waals surface area contributed by atoms with Crippen molar-refractivity contribution in [1.82, 2.24) is 14.8 Å². The molecule has 0 saturated carbocycles. The third-order valence-electron chi connectivity index (χ3n) is 8.06. The van der Waals surface area contributed by atoms with Gasteiger partial charge in [0.1, 0.15) is 0 Å². The minimum absolute atomic E-state index is 0.130. The quantitative estimate of drug-likeness (QED) is 0.713. The molecule has 0 bridgehead atoms. The van der Waals surface area contributed by atoms with Gasteiger partial charge in [0.2, 0.25) is 11.8 Å². The Morgan fingerprint density at radius 1 is 1.03 bits per heavy atom. The van der Waals surface area contributed by atoms with Crippen molar-refractivity contribution in [2.24, 2.45) is 5.92 Å². The van der Waals surface area contributed by atoms with Crippen LogP contribution in [-0.4, -0.2) is 65.0 Å². The van der Waals surface area contributed by atoms with E-state index in [-0.39, 0.29) is 11.5 Å². The Morgan fingerprint density at radius 3 is 2.61 bits per heavy atom. The molecule has 1 aromatic carbocycles. The number of ether oxygens (including phenoxy) is 1. The second-order valence-electron chi connectivity index (χ2n) is 10.3. The van der Waals surface area contributed by atoms with E-state index >= 15 is 0 Å². The standard InChI is InChI=1S/C27H37N3O3/c31-25(9-5-6-22-20-28-24-8-2-1-7-23(22)24)30-15-11-27(12-16-30)19-21(10-17-33-27)18-26(32)29-13-3-4-14-29/h1-2,7-8,20-21,28H,3-6,9-19H2. The summed E-state index contributed by atoms with van der Waals surface area (Å²) in [4.78, 5) is 32.9. The zero-order valence-electron chi connectivity index (χ0n) is 19.7. The summed E-state index contributed by atoms with van der Waals surface area (Å²) in [5, 5.41) is 1.26. The third kappa shape index (κ3) is 5.11. The zero-order chi connectivity index (χ0) is 22.7. The molecule has 1 unspecified atom stereocenters. The molecular weight excluding hydrogens is 414 g/mol. The molecule has 3 fully saturated rings. The van der Waals surface area contributed by atoms with Crippen molar-refractivity contribution in [2.75, 3.05) is 32.8 Å². The number of aryl methyl sites for hydroxylation is 1. The van der Waals surface area contributed by atoms with Crippen LogP contribution in [-0.2, 0) is 20.7 Å². The number of likely N-dealkylation sites (tertiary alicyclic amines) is 2. The van der Waals surface area contributed by atoms with Crippen LogP contribution in [0.1, 0.15) is 63.4 Å². The second-order valence-corrected chi connectivity index (χ2v) is 10.3. The van der Waals surface area contributed by atoms with Gasteiger partial charge in [-0.3, -0.25) is 9.59 Å². The van der Waals surface area contributed by atoms with Gasteiger partial charge in [0, 0.05) is 62.7 Å². The number of nitrogens with zero attached hydrogens (tertiary/aromatic N) is 2. The van der Waals surface area contributed by atoms with Gasteiger partial charge in [-0.05, 0) is 68.9 Å². The maximum absolute atomic E-state index is 12.8. The minimum Gasteiger partial charge on any atom is -0.375 e. The fourth-order valence-corrected chi connectivity index (χ4v) is 6.08. The Labute approximate surface area is 196 Å².